The highest BCUT2D eigenvalue weighted by Crippen LogP contribution is 2.29. The molecule has 0 bridgehead atoms. The minimum absolute atomic E-state index is 0.0196. The van der Waals surface area contributed by atoms with Gasteiger partial charge in [0.2, 0.25) is 15.9 Å². The zero-order valence-corrected chi connectivity index (χ0v) is 18.0. The summed E-state index contributed by atoms with van der Waals surface area (Å²) in [5.74, 6) is -0.553. The largest absolute Gasteiger partial charge is 0.341 e. The molecule has 160 valence electrons. The van der Waals surface area contributed by atoms with Gasteiger partial charge in [0.1, 0.15) is 5.82 Å². The van der Waals surface area contributed by atoms with E-state index in [-0.39, 0.29) is 17.6 Å². The molecule has 4 rings (SSSR count). The second-order valence-electron chi connectivity index (χ2n) is 8.29. The molecule has 5 nitrogen and oxygen atoms in total. The maximum absolute atomic E-state index is 13.4. The maximum Gasteiger partial charge on any atom is 0.243 e. The molecular weight excluding hydrogens is 403 g/mol. The Balaban J connectivity index is 1.37. The highest BCUT2D eigenvalue weighted by atomic mass is 32.2. The summed E-state index contributed by atoms with van der Waals surface area (Å²) in [5.41, 5.74) is 3.13. The van der Waals surface area contributed by atoms with Crippen molar-refractivity contribution in [2.24, 2.45) is 5.92 Å². The van der Waals surface area contributed by atoms with Crippen molar-refractivity contribution in [1.82, 2.24) is 9.21 Å². The number of aryl methyl sites for hydroxylation is 2. The number of rotatable bonds is 5. The minimum atomic E-state index is -3.54. The Morgan fingerprint density at radius 1 is 1.10 bits per heavy atom. The third-order valence-corrected chi connectivity index (χ3v) is 8.09. The lowest BCUT2D eigenvalue weighted by atomic mass is 9.96. The fraction of sp³-hybridized carbons (Fsp3) is 0.435. The topological polar surface area (TPSA) is 57.7 Å². The van der Waals surface area contributed by atoms with E-state index in [9.17, 15) is 17.6 Å². The van der Waals surface area contributed by atoms with E-state index in [1.54, 1.807) is 30.1 Å². The number of amides is 1. The highest BCUT2D eigenvalue weighted by Gasteiger charge is 2.33. The third kappa shape index (κ3) is 4.27. The first kappa shape index (κ1) is 21.0. The average molecular weight is 431 g/mol. The SMILES string of the molecule is CN(Cc1cccc(F)c1)C(=O)C1CCN(S(=O)(=O)c2ccc3c(c2)CCC3)CC1. The molecule has 0 N–H and O–H groups in total. The maximum atomic E-state index is 13.4. The van der Waals surface area contributed by atoms with Crippen LogP contribution in [0.15, 0.2) is 47.4 Å². The van der Waals surface area contributed by atoms with Crippen LogP contribution in [0.1, 0.15) is 36.0 Å². The second kappa shape index (κ2) is 8.47. The summed E-state index contributed by atoms with van der Waals surface area (Å²) in [6.45, 7) is 1.01. The van der Waals surface area contributed by atoms with E-state index in [4.69, 9.17) is 0 Å². The van der Waals surface area contributed by atoms with Crippen LogP contribution >= 0.6 is 0 Å². The first-order chi connectivity index (χ1) is 14.3. The molecule has 0 saturated carbocycles. The van der Waals surface area contributed by atoms with E-state index < -0.39 is 10.0 Å². The number of carbonyl (C=O) groups excluding carboxylic acids is 1. The van der Waals surface area contributed by atoms with Gasteiger partial charge in [-0.1, -0.05) is 18.2 Å². The van der Waals surface area contributed by atoms with Crippen molar-refractivity contribution in [2.45, 2.75) is 43.5 Å². The predicted molar refractivity (Wildman–Crippen MR) is 113 cm³/mol. The number of fused-ring (bicyclic) bond motifs is 1. The first-order valence-corrected chi connectivity index (χ1v) is 11.9. The number of nitrogens with zero attached hydrogens (tertiary/aromatic N) is 2. The Labute approximate surface area is 177 Å². The molecule has 0 spiro atoms. The standard InChI is InChI=1S/C23H27FN2O3S/c1-25(16-17-4-2-7-21(24)14-17)23(27)19-10-12-26(13-11-19)30(28,29)22-9-8-18-5-3-6-20(18)15-22/h2,4,7-9,14-15,19H,3,5-6,10-13,16H2,1H3. The van der Waals surface area contributed by atoms with E-state index >= 15 is 0 Å². The summed E-state index contributed by atoms with van der Waals surface area (Å²) in [4.78, 5) is 14.8. The lowest BCUT2D eigenvalue weighted by molar-refractivity contribution is -0.135. The number of hydrogen-bond donors (Lipinski definition) is 0. The van der Waals surface area contributed by atoms with Gasteiger partial charge in [0, 0.05) is 32.6 Å². The van der Waals surface area contributed by atoms with Crippen LogP contribution in [0.4, 0.5) is 4.39 Å². The number of hydrogen-bond acceptors (Lipinski definition) is 3. The summed E-state index contributed by atoms with van der Waals surface area (Å²) in [6, 6.07) is 11.7. The van der Waals surface area contributed by atoms with Crippen molar-refractivity contribution in [2.75, 3.05) is 20.1 Å². The molecule has 2 aliphatic rings. The zero-order chi connectivity index (χ0) is 21.3. The van der Waals surface area contributed by atoms with Gasteiger partial charge in [0.15, 0.2) is 0 Å². The highest BCUT2D eigenvalue weighted by molar-refractivity contribution is 7.89. The smallest absolute Gasteiger partial charge is 0.243 e. The molecule has 1 aliphatic carbocycles. The second-order valence-corrected chi connectivity index (χ2v) is 10.2. The average Bonchev–Trinajstić information content (AvgIpc) is 3.21. The van der Waals surface area contributed by atoms with Crippen LogP contribution in [-0.2, 0) is 34.2 Å². The predicted octanol–water partition coefficient (Wildman–Crippen LogP) is 3.37. The van der Waals surface area contributed by atoms with E-state index in [0.29, 0.717) is 37.4 Å². The van der Waals surface area contributed by atoms with E-state index in [1.165, 1.54) is 22.0 Å². The quantitative estimate of drug-likeness (QED) is 0.731. The number of benzene rings is 2. The van der Waals surface area contributed by atoms with Crippen LogP contribution < -0.4 is 0 Å². The monoisotopic (exact) mass is 430 g/mol. The van der Waals surface area contributed by atoms with Gasteiger partial charge >= 0.3 is 0 Å². The molecule has 0 aromatic heterocycles. The Morgan fingerprint density at radius 2 is 1.83 bits per heavy atom. The van der Waals surface area contributed by atoms with Crippen LogP contribution in [0.25, 0.3) is 0 Å². The van der Waals surface area contributed by atoms with Crippen molar-refractivity contribution >= 4 is 15.9 Å². The number of piperidine rings is 1. The van der Waals surface area contributed by atoms with Crippen molar-refractivity contribution < 1.29 is 17.6 Å². The van der Waals surface area contributed by atoms with Gasteiger partial charge < -0.3 is 4.90 Å². The van der Waals surface area contributed by atoms with Gasteiger partial charge in [0.25, 0.3) is 0 Å². The number of carbonyl (C=O) groups is 1. The summed E-state index contributed by atoms with van der Waals surface area (Å²) in [5, 5.41) is 0. The summed E-state index contributed by atoms with van der Waals surface area (Å²) in [7, 11) is -1.83. The molecule has 0 unspecified atom stereocenters. The van der Waals surface area contributed by atoms with Gasteiger partial charge in [-0.25, -0.2) is 12.8 Å². The van der Waals surface area contributed by atoms with Gasteiger partial charge in [0.05, 0.1) is 4.90 Å². The molecule has 0 atom stereocenters. The molecule has 1 fully saturated rings. The Morgan fingerprint density at radius 3 is 2.57 bits per heavy atom. The summed E-state index contributed by atoms with van der Waals surface area (Å²) >= 11 is 0. The van der Waals surface area contributed by atoms with Crippen molar-refractivity contribution in [3.63, 3.8) is 0 Å². The molecule has 30 heavy (non-hydrogen) atoms. The summed E-state index contributed by atoms with van der Waals surface area (Å²) < 4.78 is 41.0. The number of sulfonamides is 1. The van der Waals surface area contributed by atoms with Gasteiger partial charge in [-0.2, -0.15) is 4.31 Å². The molecule has 1 saturated heterocycles. The zero-order valence-electron chi connectivity index (χ0n) is 17.2. The molecule has 0 radical (unpaired) electrons. The van der Waals surface area contributed by atoms with E-state index in [2.05, 4.69) is 0 Å². The third-order valence-electron chi connectivity index (χ3n) is 6.20. The van der Waals surface area contributed by atoms with Crippen LogP contribution in [0.5, 0.6) is 0 Å². The van der Waals surface area contributed by atoms with Gasteiger partial charge in [-0.3, -0.25) is 4.79 Å². The molecule has 1 amide bonds. The lowest BCUT2D eigenvalue weighted by Crippen LogP contribution is -2.43. The fourth-order valence-electron chi connectivity index (χ4n) is 4.50. The Bertz CT molecular complexity index is 1050. The van der Waals surface area contributed by atoms with Crippen molar-refractivity contribution in [3.8, 4) is 0 Å². The molecular formula is C23H27FN2O3S. The first-order valence-electron chi connectivity index (χ1n) is 10.5. The molecule has 7 heteroatoms. The van der Waals surface area contributed by atoms with Gasteiger partial charge in [-0.15, -0.1) is 0 Å². The summed E-state index contributed by atoms with van der Waals surface area (Å²) in [6.07, 6.45) is 4.03. The fourth-order valence-corrected chi connectivity index (χ4v) is 6.02. The lowest BCUT2D eigenvalue weighted by Gasteiger charge is -2.32. The normalized spacial score (nSPS) is 17.7. The molecule has 1 aliphatic heterocycles. The Kier molecular flexibility index (Phi) is 5.93. The van der Waals surface area contributed by atoms with Gasteiger partial charge in [-0.05, 0) is 73.1 Å². The van der Waals surface area contributed by atoms with Crippen LogP contribution in [0.3, 0.4) is 0 Å². The Hall–Kier alpha value is -2.25. The minimum Gasteiger partial charge on any atom is -0.341 e. The van der Waals surface area contributed by atoms with E-state index in [0.717, 1.165) is 30.4 Å². The molecule has 2 aromatic rings. The molecule has 1 heterocycles. The van der Waals surface area contributed by atoms with Crippen molar-refractivity contribution in [3.05, 3.63) is 65.0 Å². The van der Waals surface area contributed by atoms with Crippen molar-refractivity contribution in [1.29, 1.82) is 0 Å². The molecule has 2 aromatic carbocycles. The van der Waals surface area contributed by atoms with E-state index in [1.807, 2.05) is 12.1 Å². The van der Waals surface area contributed by atoms with Crippen LogP contribution in [0, 0.1) is 11.7 Å². The number of halogens is 1. The van der Waals surface area contributed by atoms with Crippen LogP contribution in [0.2, 0.25) is 0 Å². The van der Waals surface area contributed by atoms with Crippen LogP contribution in [-0.4, -0.2) is 43.7 Å².